The minimum atomic E-state index is -0.782. The summed E-state index contributed by atoms with van der Waals surface area (Å²) in [6.45, 7) is 3.71. The van der Waals surface area contributed by atoms with Crippen LogP contribution in [0.1, 0.15) is 16.8 Å². The molecule has 0 aliphatic rings. The summed E-state index contributed by atoms with van der Waals surface area (Å²) in [6.07, 6.45) is 0. The average Bonchev–Trinajstić information content (AvgIpc) is 3.00. The van der Waals surface area contributed by atoms with E-state index in [9.17, 15) is 9.90 Å². The smallest absolute Gasteiger partial charge is 0.436 e. The Morgan fingerprint density at radius 1 is 1.16 bits per heavy atom. The summed E-state index contributed by atoms with van der Waals surface area (Å²) in [5, 5.41) is 15.1. The number of para-hydroxylation sites is 1. The number of ether oxygens (including phenoxy) is 1. The lowest BCUT2D eigenvalue weighted by Crippen LogP contribution is -2.44. The molecule has 25 heavy (non-hydrogen) atoms. The van der Waals surface area contributed by atoms with E-state index >= 15 is 0 Å². The average molecular weight is 339 g/mol. The van der Waals surface area contributed by atoms with Gasteiger partial charge in [-0.25, -0.2) is 4.79 Å². The van der Waals surface area contributed by atoms with Gasteiger partial charge in [-0.05, 0) is 47.1 Å². The number of aromatic nitrogens is 2. The second kappa shape index (κ2) is 6.64. The predicted octanol–water partition coefficient (Wildman–Crippen LogP) is 1.31. The normalized spacial score (nSPS) is 11.6. The fourth-order valence-electron chi connectivity index (χ4n) is 2.50. The first-order chi connectivity index (χ1) is 12.0. The summed E-state index contributed by atoms with van der Waals surface area (Å²) < 4.78 is 11.2. The molecule has 0 spiro atoms. The van der Waals surface area contributed by atoms with Gasteiger partial charge in [-0.15, -0.1) is 0 Å². The van der Waals surface area contributed by atoms with Crippen molar-refractivity contribution in [2.45, 2.75) is 13.8 Å². The van der Waals surface area contributed by atoms with E-state index in [-0.39, 0.29) is 5.69 Å². The standard InChI is InChI=1S/C18H17N3O4/c1-11-5-4-6-12(2)15(11)19-17(22)16-18(23)25-20-21(16)13-7-9-14(24-3)10-8-13/h4-10H,1-3H3,(H-,19,20,22,23). The fraction of sp³-hybridized carbons (Fsp3) is 0.167. The second-order valence-corrected chi connectivity index (χ2v) is 5.52. The Bertz CT molecular complexity index is 964. The van der Waals surface area contributed by atoms with Crippen LogP contribution in [0.3, 0.4) is 0 Å². The molecule has 0 atom stereocenters. The topological polar surface area (TPSA) is 94.5 Å². The third-order valence-electron chi connectivity index (χ3n) is 3.83. The van der Waals surface area contributed by atoms with Gasteiger partial charge in [-0.3, -0.25) is 9.52 Å². The monoisotopic (exact) mass is 339 g/mol. The summed E-state index contributed by atoms with van der Waals surface area (Å²) in [5.41, 5.74) is 1.82. The molecule has 3 rings (SSSR count). The quantitative estimate of drug-likeness (QED) is 0.440. The zero-order valence-corrected chi connectivity index (χ0v) is 14.1. The maximum Gasteiger partial charge on any atom is 0.436 e. The predicted molar refractivity (Wildman–Crippen MR) is 89.5 cm³/mol. The molecule has 0 amide bonds. The van der Waals surface area contributed by atoms with Crippen LogP contribution in [0.2, 0.25) is 0 Å². The van der Waals surface area contributed by atoms with E-state index in [0.717, 1.165) is 11.1 Å². The molecule has 1 N–H and O–H groups in total. The Kier molecular flexibility index (Phi) is 4.38. The summed E-state index contributed by atoms with van der Waals surface area (Å²) in [6, 6.07) is 12.4. The van der Waals surface area contributed by atoms with Crippen LogP contribution in [-0.4, -0.2) is 18.3 Å². The van der Waals surface area contributed by atoms with Crippen molar-refractivity contribution >= 4 is 11.6 Å². The van der Waals surface area contributed by atoms with E-state index in [1.807, 2.05) is 32.0 Å². The number of benzene rings is 2. The van der Waals surface area contributed by atoms with Gasteiger partial charge < -0.3 is 9.84 Å². The minimum absolute atomic E-state index is 0.201. The van der Waals surface area contributed by atoms with E-state index in [1.54, 1.807) is 31.4 Å². The van der Waals surface area contributed by atoms with Crippen LogP contribution >= 0.6 is 0 Å². The molecule has 7 heteroatoms. The van der Waals surface area contributed by atoms with Crippen LogP contribution in [0.15, 0.2) is 56.8 Å². The van der Waals surface area contributed by atoms with Gasteiger partial charge in [0.15, 0.2) is 0 Å². The van der Waals surface area contributed by atoms with Crippen LogP contribution in [0.25, 0.3) is 5.69 Å². The number of H-pyrrole nitrogens is 1. The maximum absolute atomic E-state index is 12.6. The van der Waals surface area contributed by atoms with Gasteiger partial charge in [0.25, 0.3) is 0 Å². The molecular formula is C18H17N3O4. The first kappa shape index (κ1) is 16.5. The van der Waals surface area contributed by atoms with E-state index in [1.165, 1.54) is 4.68 Å². The Hall–Kier alpha value is -3.35. The van der Waals surface area contributed by atoms with Crippen LogP contribution in [0.4, 0.5) is 5.69 Å². The van der Waals surface area contributed by atoms with Crippen molar-refractivity contribution in [2.75, 3.05) is 7.11 Å². The highest BCUT2D eigenvalue weighted by molar-refractivity contribution is 5.89. The Balaban J connectivity index is 2.10. The Labute approximate surface area is 143 Å². The summed E-state index contributed by atoms with van der Waals surface area (Å²) in [7, 11) is 1.56. The minimum Gasteiger partial charge on any atom is -0.854 e. The lowest BCUT2D eigenvalue weighted by Gasteiger charge is -2.08. The molecule has 3 aromatic rings. The molecule has 128 valence electrons. The zero-order chi connectivity index (χ0) is 18.0. The number of nitrogens with one attached hydrogen (secondary N) is 1. The molecule has 0 unspecified atom stereocenters. The molecule has 0 bridgehead atoms. The highest BCUT2D eigenvalue weighted by atomic mass is 16.5. The Morgan fingerprint density at radius 3 is 2.40 bits per heavy atom. The van der Waals surface area contributed by atoms with Gasteiger partial charge in [-0.1, -0.05) is 18.2 Å². The molecular weight excluding hydrogens is 322 g/mol. The second-order valence-electron chi connectivity index (χ2n) is 5.52. The van der Waals surface area contributed by atoms with E-state index < -0.39 is 11.5 Å². The number of aryl methyl sites for hydroxylation is 2. The summed E-state index contributed by atoms with van der Waals surface area (Å²) in [5.74, 6) is -0.0218. The Morgan fingerprint density at radius 2 is 1.80 bits per heavy atom. The van der Waals surface area contributed by atoms with E-state index in [2.05, 4.69) is 10.3 Å². The molecule has 0 aliphatic heterocycles. The van der Waals surface area contributed by atoms with Gasteiger partial charge in [0.05, 0.1) is 18.7 Å². The highest BCUT2D eigenvalue weighted by Gasteiger charge is 2.24. The van der Waals surface area contributed by atoms with Crippen LogP contribution in [-0.2, 0) is 0 Å². The van der Waals surface area contributed by atoms with Crippen molar-refractivity contribution < 1.29 is 19.0 Å². The molecule has 0 radical (unpaired) electrons. The number of aromatic amines is 1. The van der Waals surface area contributed by atoms with Crippen molar-refractivity contribution in [2.24, 2.45) is 4.99 Å². The van der Waals surface area contributed by atoms with Crippen LogP contribution in [0, 0.1) is 13.8 Å². The van der Waals surface area contributed by atoms with Gasteiger partial charge in [0.1, 0.15) is 5.75 Å². The lowest BCUT2D eigenvalue weighted by atomic mass is 10.1. The number of hydrogen-bond acceptors (Lipinski definition) is 5. The molecule has 0 saturated heterocycles. The molecule has 0 saturated carbocycles. The number of hydrogen-bond donors (Lipinski definition) is 1. The van der Waals surface area contributed by atoms with Gasteiger partial charge in [-0.2, -0.15) is 0 Å². The van der Waals surface area contributed by atoms with Gasteiger partial charge >= 0.3 is 11.3 Å². The summed E-state index contributed by atoms with van der Waals surface area (Å²) >= 11 is 0. The highest BCUT2D eigenvalue weighted by Crippen LogP contribution is 2.23. The van der Waals surface area contributed by atoms with Crippen molar-refractivity contribution in [3.63, 3.8) is 0 Å². The fourth-order valence-corrected chi connectivity index (χ4v) is 2.50. The molecule has 0 aliphatic carbocycles. The molecule has 1 heterocycles. The number of nitrogens with zero attached hydrogens (tertiary/aromatic N) is 2. The largest absolute Gasteiger partial charge is 0.854 e. The first-order valence-corrected chi connectivity index (χ1v) is 7.61. The van der Waals surface area contributed by atoms with E-state index in [4.69, 9.17) is 9.26 Å². The van der Waals surface area contributed by atoms with Crippen LogP contribution < -0.4 is 20.2 Å². The number of aliphatic imine (C=N–C) groups is 1. The third kappa shape index (κ3) is 3.16. The molecule has 7 nitrogen and oxygen atoms in total. The maximum atomic E-state index is 12.6. The van der Waals surface area contributed by atoms with Crippen molar-refractivity contribution in [3.05, 3.63) is 69.7 Å². The number of rotatable bonds is 4. The van der Waals surface area contributed by atoms with Crippen molar-refractivity contribution in [3.8, 4) is 11.4 Å². The zero-order valence-electron chi connectivity index (χ0n) is 14.1. The van der Waals surface area contributed by atoms with Crippen molar-refractivity contribution in [1.82, 2.24) is 5.27 Å². The summed E-state index contributed by atoms with van der Waals surface area (Å²) in [4.78, 5) is 16.1. The third-order valence-corrected chi connectivity index (χ3v) is 3.83. The molecule has 0 fully saturated rings. The van der Waals surface area contributed by atoms with Gasteiger partial charge in [0, 0.05) is 12.1 Å². The molecule has 1 aromatic heterocycles. The van der Waals surface area contributed by atoms with Crippen molar-refractivity contribution in [1.29, 1.82) is 0 Å². The molecule has 2 aromatic carbocycles. The SMILES string of the molecule is COc1ccc(-[n+]2[nH]oc(=O)c2C([O-])=Nc2c(C)cccc2C)cc1. The first-order valence-electron chi connectivity index (χ1n) is 7.61. The number of methoxy groups -OCH3 is 1. The van der Waals surface area contributed by atoms with E-state index in [0.29, 0.717) is 17.1 Å². The van der Waals surface area contributed by atoms with Gasteiger partial charge in [0.2, 0.25) is 5.69 Å². The van der Waals surface area contributed by atoms with Crippen LogP contribution in [0.5, 0.6) is 5.75 Å². The lowest BCUT2D eigenvalue weighted by molar-refractivity contribution is -0.673.